The minimum Gasteiger partial charge on any atom is -0.392 e. The molecule has 0 fully saturated rings. The summed E-state index contributed by atoms with van der Waals surface area (Å²) in [6, 6.07) is 12.1. The molecule has 1 atom stereocenters. The second-order valence-electron chi connectivity index (χ2n) is 5.77. The van der Waals surface area contributed by atoms with Gasteiger partial charge in [-0.3, -0.25) is 14.9 Å². The van der Waals surface area contributed by atoms with E-state index in [4.69, 9.17) is 0 Å². The number of aliphatic hydroxyl groups is 1. The number of aromatic nitrogens is 2. The van der Waals surface area contributed by atoms with E-state index in [-0.39, 0.29) is 6.10 Å². The van der Waals surface area contributed by atoms with E-state index < -0.39 is 0 Å². The maximum Gasteiger partial charge on any atom is 0.0664 e. The molecule has 2 aromatic rings. The first-order chi connectivity index (χ1) is 10.6. The summed E-state index contributed by atoms with van der Waals surface area (Å²) in [6.07, 6.45) is 0.425. The lowest BCUT2D eigenvalue weighted by Gasteiger charge is -2.24. The maximum absolute atomic E-state index is 10.0. The summed E-state index contributed by atoms with van der Waals surface area (Å²) in [6.45, 7) is 8.05. The van der Waals surface area contributed by atoms with Crippen LogP contribution in [0.3, 0.4) is 0 Å². The highest BCUT2D eigenvalue weighted by Gasteiger charge is 2.13. The minimum absolute atomic E-state index is 0.324. The molecule has 4 nitrogen and oxygen atoms in total. The summed E-state index contributed by atoms with van der Waals surface area (Å²) < 4.78 is 0. The lowest BCUT2D eigenvalue weighted by molar-refractivity contribution is 0.1000. The van der Waals surface area contributed by atoms with Crippen LogP contribution in [0, 0.1) is 13.8 Å². The molecule has 0 saturated heterocycles. The quantitative estimate of drug-likeness (QED) is 0.854. The number of hydrogen-bond donors (Lipinski definition) is 1. The summed E-state index contributed by atoms with van der Waals surface area (Å²) >= 11 is 0. The predicted molar refractivity (Wildman–Crippen MR) is 88.4 cm³/mol. The number of pyridine rings is 2. The number of aliphatic hydroxyl groups excluding tert-OH is 1. The Morgan fingerprint density at radius 3 is 1.86 bits per heavy atom. The molecule has 118 valence electrons. The molecule has 2 aromatic heterocycles. The Morgan fingerprint density at radius 2 is 1.45 bits per heavy atom. The van der Waals surface area contributed by atoms with Crippen molar-refractivity contribution in [2.45, 2.75) is 46.4 Å². The lowest BCUT2D eigenvalue weighted by atomic mass is 10.2. The first-order valence-electron chi connectivity index (χ1n) is 7.82. The second kappa shape index (κ2) is 8.01. The molecule has 0 aliphatic heterocycles. The molecular weight excluding hydrogens is 274 g/mol. The minimum atomic E-state index is -0.324. The molecule has 0 spiro atoms. The third kappa shape index (κ3) is 5.20. The number of hydrogen-bond acceptors (Lipinski definition) is 4. The van der Waals surface area contributed by atoms with Gasteiger partial charge in [-0.05, 0) is 44.5 Å². The molecular formula is C18H25N3O. The van der Waals surface area contributed by atoms with Crippen LogP contribution in [0.2, 0.25) is 0 Å². The van der Waals surface area contributed by atoms with Gasteiger partial charge in [-0.2, -0.15) is 0 Å². The molecule has 4 heteroatoms. The zero-order valence-corrected chi connectivity index (χ0v) is 13.7. The molecule has 1 N–H and O–H groups in total. The van der Waals surface area contributed by atoms with Gasteiger partial charge in [0.1, 0.15) is 0 Å². The summed E-state index contributed by atoms with van der Waals surface area (Å²) in [5.41, 5.74) is 4.08. The number of aryl methyl sites for hydroxylation is 2. The number of rotatable bonds is 7. The van der Waals surface area contributed by atoms with Crippen LogP contribution in [0.5, 0.6) is 0 Å². The predicted octanol–water partition coefficient (Wildman–Crippen LogP) is 2.87. The number of nitrogens with zero attached hydrogens (tertiary/aromatic N) is 3. The first kappa shape index (κ1) is 16.6. The lowest BCUT2D eigenvalue weighted by Crippen LogP contribution is -2.32. The Kier molecular flexibility index (Phi) is 6.04. The van der Waals surface area contributed by atoms with Crippen molar-refractivity contribution in [3.8, 4) is 0 Å². The zero-order chi connectivity index (χ0) is 15.9. The molecule has 0 aliphatic rings. The van der Waals surface area contributed by atoms with Gasteiger partial charge in [0.05, 0.1) is 17.5 Å². The van der Waals surface area contributed by atoms with E-state index >= 15 is 0 Å². The summed E-state index contributed by atoms with van der Waals surface area (Å²) in [4.78, 5) is 11.3. The van der Waals surface area contributed by atoms with E-state index in [1.54, 1.807) is 0 Å². The Bertz CT molecular complexity index is 553. The molecule has 2 rings (SSSR count). The third-order valence-corrected chi connectivity index (χ3v) is 3.60. The summed E-state index contributed by atoms with van der Waals surface area (Å²) in [7, 11) is 0. The molecule has 0 radical (unpaired) electrons. The van der Waals surface area contributed by atoms with Crippen molar-refractivity contribution >= 4 is 0 Å². The van der Waals surface area contributed by atoms with Crippen molar-refractivity contribution in [1.82, 2.24) is 14.9 Å². The Morgan fingerprint density at radius 1 is 0.955 bits per heavy atom. The topological polar surface area (TPSA) is 49.2 Å². The van der Waals surface area contributed by atoms with Crippen molar-refractivity contribution < 1.29 is 5.11 Å². The Hall–Kier alpha value is -1.78. The van der Waals surface area contributed by atoms with Crippen molar-refractivity contribution in [2.24, 2.45) is 0 Å². The maximum atomic E-state index is 10.0. The van der Waals surface area contributed by atoms with E-state index in [9.17, 15) is 5.11 Å². The van der Waals surface area contributed by atoms with E-state index in [1.165, 1.54) is 0 Å². The fourth-order valence-corrected chi connectivity index (χ4v) is 2.45. The molecule has 0 aromatic carbocycles. The Labute approximate surface area is 132 Å². The summed E-state index contributed by atoms with van der Waals surface area (Å²) in [5, 5.41) is 10.0. The molecule has 0 bridgehead atoms. The van der Waals surface area contributed by atoms with Crippen LogP contribution in [0.25, 0.3) is 0 Å². The van der Waals surface area contributed by atoms with Gasteiger partial charge in [-0.15, -0.1) is 0 Å². The van der Waals surface area contributed by atoms with E-state index in [2.05, 4.69) is 14.9 Å². The van der Waals surface area contributed by atoms with Crippen molar-refractivity contribution in [1.29, 1.82) is 0 Å². The second-order valence-corrected chi connectivity index (χ2v) is 5.77. The normalized spacial score (nSPS) is 12.6. The standard InChI is InChI=1S/C18H25N3O/c1-4-18(22)13-21(11-16-9-5-7-14(2)19-16)12-17-10-6-8-15(3)20-17/h5-10,18,22H,4,11-13H2,1-3H3/t18-/m1/s1. The van der Waals surface area contributed by atoms with Crippen LogP contribution in [-0.2, 0) is 13.1 Å². The highest BCUT2D eigenvalue weighted by atomic mass is 16.3. The van der Waals surface area contributed by atoms with E-state index in [1.807, 2.05) is 57.2 Å². The van der Waals surface area contributed by atoms with Crippen molar-refractivity contribution in [2.75, 3.05) is 6.54 Å². The van der Waals surface area contributed by atoms with Gasteiger partial charge >= 0.3 is 0 Å². The Balaban J connectivity index is 2.11. The van der Waals surface area contributed by atoms with Gasteiger partial charge in [0.15, 0.2) is 0 Å². The van der Waals surface area contributed by atoms with Crippen LogP contribution in [-0.4, -0.2) is 32.6 Å². The first-order valence-corrected chi connectivity index (χ1v) is 7.82. The zero-order valence-electron chi connectivity index (χ0n) is 13.7. The average molecular weight is 299 g/mol. The highest BCUT2D eigenvalue weighted by molar-refractivity contribution is 5.12. The van der Waals surface area contributed by atoms with Gasteiger partial charge in [-0.1, -0.05) is 19.1 Å². The van der Waals surface area contributed by atoms with Crippen LogP contribution in [0.15, 0.2) is 36.4 Å². The molecule has 0 aliphatic carbocycles. The van der Waals surface area contributed by atoms with Gasteiger partial charge < -0.3 is 5.11 Å². The highest BCUT2D eigenvalue weighted by Crippen LogP contribution is 2.10. The molecule has 2 heterocycles. The SMILES string of the molecule is CC[C@@H](O)CN(Cc1cccc(C)n1)Cc1cccc(C)n1. The van der Waals surface area contributed by atoms with Gasteiger partial charge in [-0.25, -0.2) is 0 Å². The molecule has 0 saturated carbocycles. The van der Waals surface area contributed by atoms with Crippen LogP contribution in [0.1, 0.15) is 36.1 Å². The molecule has 22 heavy (non-hydrogen) atoms. The third-order valence-electron chi connectivity index (χ3n) is 3.60. The van der Waals surface area contributed by atoms with E-state index in [0.29, 0.717) is 19.6 Å². The largest absolute Gasteiger partial charge is 0.392 e. The van der Waals surface area contributed by atoms with Gasteiger partial charge in [0.2, 0.25) is 0 Å². The van der Waals surface area contributed by atoms with Gasteiger partial charge in [0, 0.05) is 31.0 Å². The fraction of sp³-hybridized carbons (Fsp3) is 0.444. The van der Waals surface area contributed by atoms with Crippen LogP contribution >= 0.6 is 0 Å². The van der Waals surface area contributed by atoms with Gasteiger partial charge in [0.25, 0.3) is 0 Å². The molecule has 0 unspecified atom stereocenters. The fourth-order valence-electron chi connectivity index (χ4n) is 2.45. The van der Waals surface area contributed by atoms with Crippen molar-refractivity contribution in [3.05, 3.63) is 59.2 Å². The average Bonchev–Trinajstić information content (AvgIpc) is 2.47. The van der Waals surface area contributed by atoms with Crippen LogP contribution in [0.4, 0.5) is 0 Å². The smallest absolute Gasteiger partial charge is 0.0664 e. The van der Waals surface area contributed by atoms with Crippen LogP contribution < -0.4 is 0 Å². The monoisotopic (exact) mass is 299 g/mol. The summed E-state index contributed by atoms with van der Waals surface area (Å²) in [5.74, 6) is 0. The molecule has 0 amide bonds. The van der Waals surface area contributed by atoms with E-state index in [0.717, 1.165) is 29.2 Å². The van der Waals surface area contributed by atoms with Crippen molar-refractivity contribution in [3.63, 3.8) is 0 Å².